The van der Waals surface area contributed by atoms with E-state index in [4.69, 9.17) is 24.4 Å². The number of ether oxygens (including phenoxy) is 2. The minimum atomic E-state index is -1.13. The van der Waals surface area contributed by atoms with Crippen LogP contribution in [0.15, 0.2) is 48.5 Å². The fourth-order valence-electron chi connectivity index (χ4n) is 1.74. The van der Waals surface area contributed by atoms with Gasteiger partial charge < -0.3 is 19.5 Å². The quantitative estimate of drug-likeness (QED) is 0.459. The molecule has 0 atom stereocenters. The average Bonchev–Trinajstić information content (AvgIpc) is 2.55. The molecule has 2 aromatic carbocycles. The lowest BCUT2D eigenvalue weighted by molar-refractivity contribution is -0.211. The van der Waals surface area contributed by atoms with E-state index in [1.807, 2.05) is 30.3 Å². The van der Waals surface area contributed by atoms with E-state index in [0.29, 0.717) is 0 Å². The summed E-state index contributed by atoms with van der Waals surface area (Å²) in [4.78, 5) is 21.2. The lowest BCUT2D eigenvalue weighted by Gasteiger charge is -2.11. The number of benzene rings is 2. The monoisotopic (exact) mass is 304 g/mol. The van der Waals surface area contributed by atoms with Crippen molar-refractivity contribution in [2.45, 2.75) is 0 Å². The third kappa shape index (κ3) is 4.13. The SMILES string of the molecule is COc1cccc(C(=O)O)c1OOCCOc1ccccc1. The van der Waals surface area contributed by atoms with Crippen molar-refractivity contribution >= 4 is 5.97 Å². The first-order valence-electron chi connectivity index (χ1n) is 6.60. The molecule has 0 spiro atoms. The average molecular weight is 304 g/mol. The highest BCUT2D eigenvalue weighted by Gasteiger charge is 2.17. The Kier molecular flexibility index (Phi) is 5.62. The van der Waals surface area contributed by atoms with Gasteiger partial charge in [-0.3, -0.25) is 0 Å². The van der Waals surface area contributed by atoms with Gasteiger partial charge in [-0.05, 0) is 24.3 Å². The van der Waals surface area contributed by atoms with Gasteiger partial charge in [-0.25, -0.2) is 4.79 Å². The molecule has 0 radical (unpaired) electrons. The summed E-state index contributed by atoms with van der Waals surface area (Å²) in [5, 5.41) is 9.12. The van der Waals surface area contributed by atoms with Gasteiger partial charge in [-0.1, -0.05) is 24.3 Å². The normalized spacial score (nSPS) is 10.0. The molecule has 0 aliphatic heterocycles. The number of aromatic carboxylic acids is 1. The van der Waals surface area contributed by atoms with E-state index in [1.165, 1.54) is 13.2 Å². The highest BCUT2D eigenvalue weighted by molar-refractivity contribution is 5.91. The Labute approximate surface area is 127 Å². The lowest BCUT2D eigenvalue weighted by atomic mass is 10.2. The molecular weight excluding hydrogens is 288 g/mol. The predicted molar refractivity (Wildman–Crippen MR) is 78.5 cm³/mol. The number of methoxy groups -OCH3 is 1. The molecule has 116 valence electrons. The molecule has 1 N–H and O–H groups in total. The summed E-state index contributed by atoms with van der Waals surface area (Å²) in [5.74, 6) is -0.103. The van der Waals surface area contributed by atoms with Crippen molar-refractivity contribution in [2.75, 3.05) is 20.3 Å². The fourth-order valence-corrected chi connectivity index (χ4v) is 1.74. The van der Waals surface area contributed by atoms with Crippen molar-refractivity contribution in [1.29, 1.82) is 0 Å². The van der Waals surface area contributed by atoms with Crippen molar-refractivity contribution in [3.63, 3.8) is 0 Å². The Hall–Kier alpha value is -2.73. The molecule has 0 fully saturated rings. The molecule has 0 aliphatic carbocycles. The summed E-state index contributed by atoms with van der Waals surface area (Å²) in [7, 11) is 1.42. The molecule has 0 aromatic heterocycles. The predicted octanol–water partition coefficient (Wildman–Crippen LogP) is 2.78. The number of carboxylic acids is 1. The first kappa shape index (κ1) is 15.7. The molecule has 0 bridgehead atoms. The van der Waals surface area contributed by atoms with Crippen LogP contribution >= 0.6 is 0 Å². The standard InChI is InChI=1S/C16H16O6/c1-19-14-9-5-8-13(16(17)18)15(14)22-21-11-10-20-12-6-3-2-4-7-12/h2-9H,10-11H2,1H3,(H,17,18). The van der Waals surface area contributed by atoms with Crippen LogP contribution in [0.25, 0.3) is 0 Å². The molecule has 0 unspecified atom stereocenters. The van der Waals surface area contributed by atoms with Crippen LogP contribution in [0.3, 0.4) is 0 Å². The van der Waals surface area contributed by atoms with Crippen molar-refractivity contribution in [1.82, 2.24) is 0 Å². The van der Waals surface area contributed by atoms with Gasteiger partial charge in [0.2, 0.25) is 5.75 Å². The molecule has 0 heterocycles. The van der Waals surface area contributed by atoms with Crippen molar-refractivity contribution in [2.24, 2.45) is 0 Å². The number of carbonyl (C=O) groups is 1. The van der Waals surface area contributed by atoms with E-state index in [9.17, 15) is 4.79 Å². The highest BCUT2D eigenvalue weighted by Crippen LogP contribution is 2.31. The van der Waals surface area contributed by atoms with Crippen molar-refractivity contribution < 1.29 is 29.1 Å². The summed E-state index contributed by atoms with van der Waals surface area (Å²) in [6, 6.07) is 13.8. The van der Waals surface area contributed by atoms with E-state index < -0.39 is 5.97 Å². The van der Waals surface area contributed by atoms with Crippen LogP contribution < -0.4 is 14.4 Å². The summed E-state index contributed by atoms with van der Waals surface area (Å²) < 4.78 is 10.5. The topological polar surface area (TPSA) is 74.2 Å². The first-order chi connectivity index (χ1) is 10.7. The summed E-state index contributed by atoms with van der Waals surface area (Å²) in [6.45, 7) is 0.396. The van der Waals surface area contributed by atoms with Crippen LogP contribution in [0.4, 0.5) is 0 Å². The highest BCUT2D eigenvalue weighted by atomic mass is 17.2. The van der Waals surface area contributed by atoms with Crippen LogP contribution in [0.1, 0.15) is 10.4 Å². The lowest BCUT2D eigenvalue weighted by Crippen LogP contribution is -2.11. The fraction of sp³-hybridized carbons (Fsp3) is 0.188. The van der Waals surface area contributed by atoms with Crippen molar-refractivity contribution in [3.8, 4) is 17.2 Å². The van der Waals surface area contributed by atoms with Crippen LogP contribution in [0, 0.1) is 0 Å². The largest absolute Gasteiger partial charge is 0.493 e. The van der Waals surface area contributed by atoms with Crippen molar-refractivity contribution in [3.05, 3.63) is 54.1 Å². The van der Waals surface area contributed by atoms with Crippen LogP contribution in [0.5, 0.6) is 17.2 Å². The molecule has 2 aromatic rings. The summed E-state index contributed by atoms with van der Waals surface area (Å²) >= 11 is 0. The maximum absolute atomic E-state index is 11.1. The minimum absolute atomic E-state index is 0.0252. The third-order valence-corrected chi connectivity index (χ3v) is 2.75. The van der Waals surface area contributed by atoms with Crippen LogP contribution in [-0.4, -0.2) is 31.4 Å². The van der Waals surface area contributed by atoms with Gasteiger partial charge in [-0.15, -0.1) is 0 Å². The molecule has 6 nitrogen and oxygen atoms in total. The number of carboxylic acid groups (broad SMARTS) is 1. The molecule has 0 saturated carbocycles. The summed E-state index contributed by atoms with van der Waals surface area (Å²) in [5.41, 5.74) is -0.0386. The summed E-state index contributed by atoms with van der Waals surface area (Å²) in [6.07, 6.45) is 0. The van der Waals surface area contributed by atoms with E-state index in [1.54, 1.807) is 12.1 Å². The van der Waals surface area contributed by atoms with Crippen LogP contribution in [-0.2, 0) is 4.89 Å². The number of rotatable bonds is 8. The first-order valence-corrected chi connectivity index (χ1v) is 6.60. The number of hydrogen-bond donors (Lipinski definition) is 1. The van der Waals surface area contributed by atoms with Crippen LogP contribution in [0.2, 0.25) is 0 Å². The van der Waals surface area contributed by atoms with Gasteiger partial charge in [-0.2, -0.15) is 4.89 Å². The zero-order valence-electron chi connectivity index (χ0n) is 12.0. The van der Waals surface area contributed by atoms with Gasteiger partial charge in [0.1, 0.15) is 24.5 Å². The minimum Gasteiger partial charge on any atom is -0.493 e. The molecule has 0 amide bonds. The molecule has 22 heavy (non-hydrogen) atoms. The second-order valence-corrected chi connectivity index (χ2v) is 4.21. The maximum atomic E-state index is 11.1. The maximum Gasteiger partial charge on any atom is 0.339 e. The van der Waals surface area contributed by atoms with Gasteiger partial charge in [0.15, 0.2) is 5.75 Å². The second-order valence-electron chi connectivity index (χ2n) is 4.21. The third-order valence-electron chi connectivity index (χ3n) is 2.75. The Balaban J connectivity index is 1.87. The molecule has 0 saturated heterocycles. The smallest absolute Gasteiger partial charge is 0.339 e. The molecule has 2 rings (SSSR count). The zero-order chi connectivity index (χ0) is 15.8. The van der Waals surface area contributed by atoms with E-state index in [0.717, 1.165) is 5.75 Å². The Morgan fingerprint density at radius 1 is 1.05 bits per heavy atom. The Morgan fingerprint density at radius 2 is 1.82 bits per heavy atom. The Morgan fingerprint density at radius 3 is 2.50 bits per heavy atom. The number of para-hydroxylation sites is 2. The zero-order valence-corrected chi connectivity index (χ0v) is 12.0. The van der Waals surface area contributed by atoms with Gasteiger partial charge >= 0.3 is 5.97 Å². The van der Waals surface area contributed by atoms with Gasteiger partial charge in [0.25, 0.3) is 0 Å². The Bertz CT molecular complexity index is 611. The molecule has 6 heteroatoms. The molecular formula is C16H16O6. The molecule has 0 aliphatic rings. The van der Waals surface area contributed by atoms with Gasteiger partial charge in [0.05, 0.1) is 7.11 Å². The number of hydrogen-bond acceptors (Lipinski definition) is 5. The van der Waals surface area contributed by atoms with E-state index in [2.05, 4.69) is 0 Å². The van der Waals surface area contributed by atoms with Gasteiger partial charge in [0, 0.05) is 0 Å². The second kappa shape index (κ2) is 7.90. The van der Waals surface area contributed by atoms with E-state index in [-0.39, 0.29) is 30.3 Å². The van der Waals surface area contributed by atoms with E-state index >= 15 is 0 Å².